The van der Waals surface area contributed by atoms with Gasteiger partial charge in [-0.3, -0.25) is 0 Å². The zero-order valence-electron chi connectivity index (χ0n) is 16.9. The van der Waals surface area contributed by atoms with Crippen molar-refractivity contribution in [3.05, 3.63) is 30.7 Å². The third-order valence-electron chi connectivity index (χ3n) is 6.50. The Kier molecular flexibility index (Phi) is 3.92. The molecule has 6 rings (SSSR count). The summed E-state index contributed by atoms with van der Waals surface area (Å²) in [5.41, 5.74) is 3.57. The molecule has 0 atom stereocenters. The maximum Gasteiger partial charge on any atom is 0.226 e. The summed E-state index contributed by atoms with van der Waals surface area (Å²) in [6.45, 7) is 0.918. The molecule has 4 aromatic rings. The first-order valence-electron chi connectivity index (χ1n) is 10.5. The Hall–Kier alpha value is -3.20. The predicted octanol–water partition coefficient (Wildman–Crippen LogP) is 3.22. The third-order valence-corrected chi connectivity index (χ3v) is 6.50. The number of anilines is 2. The van der Waals surface area contributed by atoms with E-state index in [-0.39, 0.29) is 5.60 Å². The van der Waals surface area contributed by atoms with E-state index in [9.17, 15) is 0 Å². The van der Waals surface area contributed by atoms with Crippen LogP contribution in [0.2, 0.25) is 0 Å². The molecule has 1 aliphatic carbocycles. The highest BCUT2D eigenvalue weighted by Gasteiger charge is 2.41. The van der Waals surface area contributed by atoms with Gasteiger partial charge >= 0.3 is 0 Å². The van der Waals surface area contributed by atoms with Crippen LogP contribution >= 0.6 is 0 Å². The number of aromatic amines is 1. The van der Waals surface area contributed by atoms with Crippen LogP contribution in [0, 0.1) is 0 Å². The van der Waals surface area contributed by atoms with Crippen molar-refractivity contribution in [2.45, 2.75) is 43.7 Å². The molecule has 1 saturated carbocycles. The van der Waals surface area contributed by atoms with Gasteiger partial charge in [0.1, 0.15) is 11.5 Å². The minimum absolute atomic E-state index is 0.164. The second-order valence-corrected chi connectivity index (χ2v) is 8.22. The fraction of sp³-hybridized carbons (Fsp3) is 0.429. The summed E-state index contributed by atoms with van der Waals surface area (Å²) in [7, 11) is 1.88. The molecule has 2 aliphatic rings. The average Bonchev–Trinajstić information content (AvgIpc) is 3.39. The van der Waals surface area contributed by atoms with E-state index in [4.69, 9.17) is 19.7 Å². The van der Waals surface area contributed by atoms with Crippen LogP contribution in [-0.2, 0) is 4.74 Å². The van der Waals surface area contributed by atoms with Crippen molar-refractivity contribution in [3.63, 3.8) is 0 Å². The summed E-state index contributed by atoms with van der Waals surface area (Å²) in [5, 5.41) is 11.9. The van der Waals surface area contributed by atoms with Gasteiger partial charge in [0.05, 0.1) is 29.5 Å². The summed E-state index contributed by atoms with van der Waals surface area (Å²) >= 11 is 0. The summed E-state index contributed by atoms with van der Waals surface area (Å²) < 4.78 is 7.58. The van der Waals surface area contributed by atoms with Crippen LogP contribution in [0.5, 0.6) is 0 Å². The topological polar surface area (TPSA) is 105 Å². The molecule has 4 aromatic heterocycles. The van der Waals surface area contributed by atoms with Crippen molar-refractivity contribution in [1.29, 1.82) is 0 Å². The highest BCUT2D eigenvalue weighted by atomic mass is 16.5. The second-order valence-electron chi connectivity index (χ2n) is 8.22. The molecule has 9 nitrogen and oxygen atoms in total. The highest BCUT2D eigenvalue weighted by molar-refractivity contribution is 6.00. The second kappa shape index (κ2) is 6.66. The number of hydrogen-bond donors (Lipinski definition) is 3. The van der Waals surface area contributed by atoms with Crippen molar-refractivity contribution < 1.29 is 4.74 Å². The van der Waals surface area contributed by atoms with E-state index in [1.54, 1.807) is 10.7 Å². The van der Waals surface area contributed by atoms with E-state index in [0.717, 1.165) is 66.0 Å². The Bertz CT molecular complexity index is 1210. The molecule has 9 heteroatoms. The molecule has 0 unspecified atom stereocenters. The minimum Gasteiger partial charge on any atom is -0.375 e. The predicted molar refractivity (Wildman–Crippen MR) is 115 cm³/mol. The minimum atomic E-state index is 0.164. The lowest BCUT2D eigenvalue weighted by atomic mass is 9.77. The molecular formula is C21H24N8O. The fourth-order valence-electron chi connectivity index (χ4n) is 4.70. The lowest BCUT2D eigenvalue weighted by molar-refractivity contribution is -0.165. The molecule has 3 N–H and O–H groups in total. The summed E-state index contributed by atoms with van der Waals surface area (Å²) in [4.78, 5) is 17.5. The smallest absolute Gasteiger partial charge is 0.226 e. The third kappa shape index (κ3) is 2.80. The van der Waals surface area contributed by atoms with E-state index >= 15 is 0 Å². The maximum atomic E-state index is 5.83. The Balaban J connectivity index is 1.31. The number of rotatable bonds is 4. The van der Waals surface area contributed by atoms with Crippen LogP contribution in [0.15, 0.2) is 30.7 Å². The Morgan fingerprint density at radius 1 is 1.17 bits per heavy atom. The van der Waals surface area contributed by atoms with Gasteiger partial charge < -0.3 is 20.4 Å². The van der Waals surface area contributed by atoms with E-state index in [0.29, 0.717) is 12.0 Å². The van der Waals surface area contributed by atoms with Gasteiger partial charge in [0.25, 0.3) is 0 Å². The molecule has 0 aromatic carbocycles. The molecule has 0 radical (unpaired) electrons. The largest absolute Gasteiger partial charge is 0.375 e. The van der Waals surface area contributed by atoms with E-state index in [1.807, 2.05) is 31.6 Å². The Morgan fingerprint density at radius 3 is 2.80 bits per heavy atom. The number of aromatic nitrogens is 6. The van der Waals surface area contributed by atoms with Gasteiger partial charge in [-0.05, 0) is 38.2 Å². The molecule has 2 fully saturated rings. The zero-order chi connectivity index (χ0) is 20.1. The molecule has 1 spiro atoms. The fourth-order valence-corrected chi connectivity index (χ4v) is 4.70. The molecule has 5 heterocycles. The molecule has 30 heavy (non-hydrogen) atoms. The number of nitrogens with one attached hydrogen (secondary N) is 3. The highest BCUT2D eigenvalue weighted by Crippen LogP contribution is 2.41. The van der Waals surface area contributed by atoms with Crippen molar-refractivity contribution >= 4 is 28.4 Å². The zero-order valence-corrected chi connectivity index (χ0v) is 16.9. The lowest BCUT2D eigenvalue weighted by Gasteiger charge is -2.46. The average molecular weight is 404 g/mol. The van der Waals surface area contributed by atoms with Crippen LogP contribution in [0.25, 0.3) is 27.9 Å². The van der Waals surface area contributed by atoms with Gasteiger partial charge in [-0.2, -0.15) is 15.1 Å². The molecule has 0 amide bonds. The van der Waals surface area contributed by atoms with Crippen molar-refractivity contribution in [2.24, 2.45) is 0 Å². The molecule has 1 aliphatic heterocycles. The normalized spacial score (nSPS) is 23.7. The molecular weight excluding hydrogens is 380 g/mol. The lowest BCUT2D eigenvalue weighted by Crippen LogP contribution is -2.48. The SMILES string of the molecule is CNc1nc(NC2CCC3(CCO3)CC2)nc2[nH]cc(-c3ccn4nccc4n3)c12. The number of H-pyrrole nitrogens is 1. The van der Waals surface area contributed by atoms with E-state index < -0.39 is 0 Å². The van der Waals surface area contributed by atoms with Crippen molar-refractivity contribution in [1.82, 2.24) is 29.5 Å². The monoisotopic (exact) mass is 404 g/mol. The maximum absolute atomic E-state index is 5.83. The van der Waals surface area contributed by atoms with E-state index in [2.05, 4.69) is 20.7 Å². The van der Waals surface area contributed by atoms with Gasteiger partial charge in [-0.25, -0.2) is 9.50 Å². The van der Waals surface area contributed by atoms with E-state index in [1.165, 1.54) is 6.42 Å². The van der Waals surface area contributed by atoms with Gasteiger partial charge in [-0.1, -0.05) is 0 Å². The molecule has 0 bridgehead atoms. The van der Waals surface area contributed by atoms with Crippen LogP contribution in [0.3, 0.4) is 0 Å². The molecule has 154 valence electrons. The number of ether oxygens (including phenoxy) is 1. The summed E-state index contributed by atoms with van der Waals surface area (Å²) in [6.07, 6.45) is 11.2. The van der Waals surface area contributed by atoms with Crippen LogP contribution < -0.4 is 10.6 Å². The molecule has 1 saturated heterocycles. The number of nitrogens with zero attached hydrogens (tertiary/aromatic N) is 5. The van der Waals surface area contributed by atoms with Crippen LogP contribution in [0.4, 0.5) is 11.8 Å². The summed E-state index contributed by atoms with van der Waals surface area (Å²) in [6, 6.07) is 4.22. The first-order valence-corrected chi connectivity index (χ1v) is 10.5. The number of hydrogen-bond acceptors (Lipinski definition) is 7. The standard InChI is InChI=1S/C21H24N8O/c1-22-18-17-14(15-5-10-29-16(26-15)4-9-24-29)12-23-19(17)28-20(27-18)25-13-2-6-21(7-3-13)8-11-30-21/h4-5,9-10,12-13H,2-3,6-8,11H2,1H3,(H3,22,23,25,27,28). The Morgan fingerprint density at radius 2 is 2.03 bits per heavy atom. The van der Waals surface area contributed by atoms with Gasteiger partial charge in [0, 0.05) is 37.1 Å². The summed E-state index contributed by atoms with van der Waals surface area (Å²) in [5.74, 6) is 1.43. The van der Waals surface area contributed by atoms with Crippen LogP contribution in [0.1, 0.15) is 32.1 Å². The first-order chi connectivity index (χ1) is 14.7. The Labute approximate surface area is 173 Å². The van der Waals surface area contributed by atoms with Crippen molar-refractivity contribution in [2.75, 3.05) is 24.3 Å². The van der Waals surface area contributed by atoms with Gasteiger partial charge in [0.15, 0.2) is 5.65 Å². The van der Waals surface area contributed by atoms with Gasteiger partial charge in [0.2, 0.25) is 5.95 Å². The first kappa shape index (κ1) is 17.6. The van der Waals surface area contributed by atoms with Crippen LogP contribution in [-0.4, -0.2) is 54.8 Å². The number of fused-ring (bicyclic) bond motifs is 2. The quantitative estimate of drug-likeness (QED) is 0.480. The van der Waals surface area contributed by atoms with Crippen molar-refractivity contribution in [3.8, 4) is 11.3 Å². The van der Waals surface area contributed by atoms with Gasteiger partial charge in [-0.15, -0.1) is 0 Å².